The van der Waals surface area contributed by atoms with Gasteiger partial charge in [0.2, 0.25) is 0 Å². The number of barbiturate groups is 1. The van der Waals surface area contributed by atoms with E-state index in [1.165, 1.54) is 5.56 Å². The molecular weight excluding hydrogens is 462 g/mol. The van der Waals surface area contributed by atoms with Crippen molar-refractivity contribution in [3.63, 3.8) is 0 Å². The van der Waals surface area contributed by atoms with E-state index in [9.17, 15) is 14.4 Å². The number of benzene rings is 3. The number of aryl methyl sites for hydroxylation is 1. The first kappa shape index (κ1) is 24.3. The topological polar surface area (TPSA) is 71.4 Å². The van der Waals surface area contributed by atoms with Crippen molar-refractivity contribution >= 4 is 40.5 Å². The van der Waals surface area contributed by atoms with E-state index in [-0.39, 0.29) is 5.57 Å². The number of urea groups is 1. The lowest BCUT2D eigenvalue weighted by Gasteiger charge is -2.26. The van der Waals surface area contributed by atoms with Crippen LogP contribution in [0.4, 0.5) is 10.5 Å². The lowest BCUT2D eigenvalue weighted by atomic mass is 9.98. The highest BCUT2D eigenvalue weighted by molar-refractivity contribution is 6.39. The molecule has 4 aromatic rings. The van der Waals surface area contributed by atoms with E-state index < -0.39 is 17.8 Å². The quantitative estimate of drug-likeness (QED) is 0.259. The number of hydrogen-bond donors (Lipinski definition) is 1. The molecule has 2 heterocycles. The van der Waals surface area contributed by atoms with Crippen molar-refractivity contribution in [2.24, 2.45) is 0 Å². The molecule has 1 aliphatic heterocycles. The van der Waals surface area contributed by atoms with Gasteiger partial charge in [-0.2, -0.15) is 0 Å². The summed E-state index contributed by atoms with van der Waals surface area (Å²) in [6.45, 7) is 6.95. The summed E-state index contributed by atoms with van der Waals surface area (Å²) in [4.78, 5) is 40.0. The van der Waals surface area contributed by atoms with E-state index in [1.807, 2.05) is 48.7 Å². The second-order valence-electron chi connectivity index (χ2n) is 9.58. The first-order chi connectivity index (χ1) is 17.9. The fourth-order valence-electron chi connectivity index (χ4n) is 4.76. The van der Waals surface area contributed by atoms with Gasteiger partial charge in [0, 0.05) is 29.2 Å². The van der Waals surface area contributed by atoms with E-state index in [4.69, 9.17) is 0 Å². The second kappa shape index (κ2) is 9.90. The van der Waals surface area contributed by atoms with Crippen LogP contribution in [0.1, 0.15) is 48.4 Å². The average molecular weight is 492 g/mol. The number of nitrogens with zero attached hydrogens (tertiary/aromatic N) is 2. The minimum Gasteiger partial charge on any atom is -0.342 e. The monoisotopic (exact) mass is 491 g/mol. The van der Waals surface area contributed by atoms with Crippen molar-refractivity contribution < 1.29 is 14.4 Å². The van der Waals surface area contributed by atoms with Crippen LogP contribution >= 0.6 is 0 Å². The number of carbonyl (C=O) groups excluding carboxylic acids is 3. The second-order valence-corrected chi connectivity index (χ2v) is 9.58. The molecule has 1 aliphatic rings. The van der Waals surface area contributed by atoms with Crippen molar-refractivity contribution in [2.75, 3.05) is 4.90 Å². The molecule has 0 saturated carbocycles. The summed E-state index contributed by atoms with van der Waals surface area (Å²) in [7, 11) is 0. The Morgan fingerprint density at radius 1 is 0.946 bits per heavy atom. The first-order valence-electron chi connectivity index (χ1n) is 12.5. The molecule has 1 aromatic heterocycles. The predicted octanol–water partition coefficient (Wildman–Crippen LogP) is 6.18. The van der Waals surface area contributed by atoms with E-state index in [1.54, 1.807) is 18.2 Å². The van der Waals surface area contributed by atoms with E-state index >= 15 is 0 Å². The number of para-hydroxylation sites is 1. The molecule has 0 unspecified atom stereocenters. The van der Waals surface area contributed by atoms with Gasteiger partial charge in [0.15, 0.2) is 0 Å². The van der Waals surface area contributed by atoms with Crippen molar-refractivity contribution in [1.29, 1.82) is 0 Å². The maximum atomic E-state index is 13.5. The number of anilines is 1. The molecule has 1 atom stereocenters. The van der Waals surface area contributed by atoms with Crippen LogP contribution in [0.2, 0.25) is 0 Å². The molecule has 6 heteroatoms. The maximum Gasteiger partial charge on any atom is 0.335 e. The molecule has 37 heavy (non-hydrogen) atoms. The van der Waals surface area contributed by atoms with Crippen molar-refractivity contribution in [3.8, 4) is 0 Å². The summed E-state index contributed by atoms with van der Waals surface area (Å²) in [6, 6.07) is 22.8. The molecule has 0 aliphatic carbocycles. The van der Waals surface area contributed by atoms with Crippen molar-refractivity contribution in [1.82, 2.24) is 9.88 Å². The number of amides is 4. The van der Waals surface area contributed by atoms with Gasteiger partial charge in [-0.25, -0.2) is 9.69 Å². The van der Waals surface area contributed by atoms with Crippen molar-refractivity contribution in [2.45, 2.75) is 39.7 Å². The molecule has 4 amide bonds. The number of aromatic nitrogens is 1. The van der Waals surface area contributed by atoms with Crippen LogP contribution in [0, 0.1) is 6.92 Å². The van der Waals surface area contributed by atoms with Crippen LogP contribution in [-0.4, -0.2) is 22.4 Å². The van der Waals surface area contributed by atoms with Crippen molar-refractivity contribution in [3.05, 3.63) is 107 Å². The Kier molecular flexibility index (Phi) is 6.49. The number of fused-ring (bicyclic) bond motifs is 1. The molecule has 3 aromatic carbocycles. The molecule has 1 fully saturated rings. The summed E-state index contributed by atoms with van der Waals surface area (Å²) in [6.07, 6.45) is 4.52. The Bertz CT molecular complexity index is 1550. The Balaban J connectivity index is 1.52. The van der Waals surface area contributed by atoms with Crippen LogP contribution < -0.4 is 10.2 Å². The largest absolute Gasteiger partial charge is 0.342 e. The minimum atomic E-state index is -0.745. The third kappa shape index (κ3) is 4.70. The normalized spacial score (nSPS) is 15.9. The number of imide groups is 2. The Labute approximate surface area is 216 Å². The molecular formula is C31H29N3O3. The first-order valence-corrected chi connectivity index (χ1v) is 12.5. The molecule has 5 rings (SSSR count). The van der Waals surface area contributed by atoms with Gasteiger partial charge < -0.3 is 4.57 Å². The lowest BCUT2D eigenvalue weighted by molar-refractivity contribution is -0.122. The van der Waals surface area contributed by atoms with Gasteiger partial charge in [0.1, 0.15) is 5.57 Å². The number of hydrogen-bond acceptors (Lipinski definition) is 3. The highest BCUT2D eigenvalue weighted by Gasteiger charge is 2.37. The van der Waals surface area contributed by atoms with Gasteiger partial charge >= 0.3 is 6.03 Å². The van der Waals surface area contributed by atoms with Gasteiger partial charge in [-0.1, -0.05) is 74.0 Å². The zero-order chi connectivity index (χ0) is 26.1. The van der Waals surface area contributed by atoms with Crippen LogP contribution in [0.5, 0.6) is 0 Å². The molecule has 0 radical (unpaired) electrons. The Morgan fingerprint density at radius 2 is 1.70 bits per heavy atom. The van der Waals surface area contributed by atoms with E-state index in [0.29, 0.717) is 18.2 Å². The molecule has 1 N–H and O–H groups in total. The fourth-order valence-corrected chi connectivity index (χ4v) is 4.76. The van der Waals surface area contributed by atoms with Gasteiger partial charge in [-0.05, 0) is 54.7 Å². The van der Waals surface area contributed by atoms with Crippen LogP contribution in [0.3, 0.4) is 0 Å². The summed E-state index contributed by atoms with van der Waals surface area (Å²) in [5, 5.41) is 3.25. The SMILES string of the molecule is CC[C@H](C)c1ccc(N2C(=O)NC(=O)/C(=C/c3cn(Cc4cccc(C)c4)c4ccccc34)C2=O)cc1. The molecule has 6 nitrogen and oxygen atoms in total. The number of rotatable bonds is 6. The van der Waals surface area contributed by atoms with Crippen LogP contribution in [0.15, 0.2) is 84.6 Å². The summed E-state index contributed by atoms with van der Waals surface area (Å²) < 4.78 is 2.11. The third-order valence-corrected chi connectivity index (χ3v) is 6.99. The Hall–Kier alpha value is -4.45. The molecule has 186 valence electrons. The Morgan fingerprint density at radius 3 is 2.43 bits per heavy atom. The lowest BCUT2D eigenvalue weighted by Crippen LogP contribution is -2.54. The predicted molar refractivity (Wildman–Crippen MR) is 146 cm³/mol. The highest BCUT2D eigenvalue weighted by Crippen LogP contribution is 2.28. The number of nitrogens with one attached hydrogen (secondary N) is 1. The summed E-state index contributed by atoms with van der Waals surface area (Å²) in [5.41, 5.74) is 5.55. The molecule has 1 saturated heterocycles. The van der Waals surface area contributed by atoms with E-state index in [2.05, 4.69) is 48.9 Å². The molecule has 0 spiro atoms. The average Bonchev–Trinajstić information content (AvgIpc) is 3.23. The zero-order valence-corrected chi connectivity index (χ0v) is 21.2. The fraction of sp³-hybridized carbons (Fsp3) is 0.194. The molecule has 0 bridgehead atoms. The minimum absolute atomic E-state index is 0.0796. The third-order valence-electron chi connectivity index (χ3n) is 6.99. The van der Waals surface area contributed by atoms with Gasteiger partial charge in [-0.15, -0.1) is 0 Å². The van der Waals surface area contributed by atoms with Crippen LogP contribution in [0.25, 0.3) is 17.0 Å². The van der Waals surface area contributed by atoms with Gasteiger partial charge in [0.05, 0.1) is 5.69 Å². The summed E-state index contributed by atoms with van der Waals surface area (Å²) >= 11 is 0. The van der Waals surface area contributed by atoms with Gasteiger partial charge in [0.25, 0.3) is 11.8 Å². The van der Waals surface area contributed by atoms with Crippen LogP contribution in [-0.2, 0) is 16.1 Å². The maximum absolute atomic E-state index is 13.5. The standard InChI is InChI=1S/C31H29N3O3/c1-4-21(3)23-12-14-25(15-13-23)34-30(36)27(29(35)32-31(34)37)17-24-19-33(28-11-6-5-10-26(24)28)18-22-9-7-8-20(2)16-22/h5-17,19,21H,4,18H2,1-3H3,(H,32,35,37)/b27-17-/t21-/m0/s1. The summed E-state index contributed by atoms with van der Waals surface area (Å²) in [5.74, 6) is -0.965. The smallest absolute Gasteiger partial charge is 0.335 e. The zero-order valence-electron chi connectivity index (χ0n) is 21.2. The highest BCUT2D eigenvalue weighted by atomic mass is 16.2. The van der Waals surface area contributed by atoms with E-state index in [0.717, 1.165) is 38.9 Å². The number of carbonyl (C=O) groups is 3. The van der Waals surface area contributed by atoms with Gasteiger partial charge in [-0.3, -0.25) is 14.9 Å².